The maximum absolute atomic E-state index is 12.9. The number of hydrogen-bond donors (Lipinski definition) is 1. The number of nitrogens with zero attached hydrogens (tertiary/aromatic N) is 1. The molecule has 0 saturated carbocycles. The first-order valence-electron chi connectivity index (χ1n) is 9.79. The van der Waals surface area contributed by atoms with Gasteiger partial charge in [0, 0.05) is 17.1 Å². The molecule has 154 valence electrons. The minimum Gasteiger partial charge on any atom is -0.459 e. The highest BCUT2D eigenvalue weighted by atomic mass is 32.2. The normalized spacial score (nSPS) is 16.9. The predicted octanol–water partition coefficient (Wildman–Crippen LogP) is 3.83. The van der Waals surface area contributed by atoms with E-state index in [0.717, 1.165) is 16.9 Å². The molecule has 1 saturated heterocycles. The number of carbonyl (C=O) groups excluding carboxylic acids is 2. The zero-order valence-corrected chi connectivity index (χ0v) is 17.1. The molecule has 7 heteroatoms. The molecule has 2 amide bonds. The summed E-state index contributed by atoms with van der Waals surface area (Å²) in [5.41, 5.74) is 1.49. The molecule has 1 N–H and O–H groups in total. The fourth-order valence-electron chi connectivity index (χ4n) is 3.60. The summed E-state index contributed by atoms with van der Waals surface area (Å²) in [6.45, 7) is 0.522. The van der Waals surface area contributed by atoms with Crippen LogP contribution in [0.25, 0.3) is 0 Å². The van der Waals surface area contributed by atoms with E-state index >= 15 is 0 Å². The lowest BCUT2D eigenvalue weighted by Crippen LogP contribution is -2.43. The number of nitrogens with one attached hydrogen (secondary N) is 1. The van der Waals surface area contributed by atoms with Crippen LogP contribution in [-0.4, -0.2) is 33.5 Å². The molecule has 2 heterocycles. The summed E-state index contributed by atoms with van der Waals surface area (Å²) in [5, 5.41) is 2.91. The minimum absolute atomic E-state index is 0.228. The van der Waals surface area contributed by atoms with E-state index in [1.165, 1.54) is 6.26 Å². The molecule has 2 atom stereocenters. The summed E-state index contributed by atoms with van der Waals surface area (Å²) in [7, 11) is -1.16. The van der Waals surface area contributed by atoms with Gasteiger partial charge in [-0.15, -0.1) is 0 Å². The quantitative estimate of drug-likeness (QED) is 0.655. The van der Waals surface area contributed by atoms with Gasteiger partial charge in [-0.2, -0.15) is 0 Å². The van der Waals surface area contributed by atoms with Crippen molar-refractivity contribution in [3.8, 4) is 0 Å². The van der Waals surface area contributed by atoms with Crippen LogP contribution in [0.2, 0.25) is 0 Å². The predicted molar refractivity (Wildman–Crippen MR) is 114 cm³/mol. The van der Waals surface area contributed by atoms with Crippen molar-refractivity contribution >= 4 is 28.3 Å². The third-order valence-electron chi connectivity index (χ3n) is 5.05. The van der Waals surface area contributed by atoms with Crippen molar-refractivity contribution in [2.45, 2.75) is 29.5 Å². The maximum Gasteiger partial charge on any atom is 0.290 e. The van der Waals surface area contributed by atoms with E-state index in [2.05, 4.69) is 5.32 Å². The molecule has 0 bridgehead atoms. The number of benzene rings is 2. The Bertz CT molecular complexity index is 1050. The molecule has 0 spiro atoms. The molecular weight excluding hydrogens is 400 g/mol. The molecule has 4 rings (SSSR count). The molecule has 30 heavy (non-hydrogen) atoms. The van der Waals surface area contributed by atoms with Gasteiger partial charge in [0.05, 0.1) is 22.8 Å². The van der Waals surface area contributed by atoms with Crippen LogP contribution >= 0.6 is 0 Å². The van der Waals surface area contributed by atoms with E-state index in [-0.39, 0.29) is 17.6 Å². The average Bonchev–Trinajstić information content (AvgIpc) is 3.46. The highest BCUT2D eigenvalue weighted by Crippen LogP contribution is 2.23. The first-order valence-corrected chi connectivity index (χ1v) is 11.1. The van der Waals surface area contributed by atoms with E-state index in [0.29, 0.717) is 24.4 Å². The summed E-state index contributed by atoms with van der Waals surface area (Å²) in [6.07, 6.45) is 2.82. The van der Waals surface area contributed by atoms with Crippen molar-refractivity contribution in [3.63, 3.8) is 0 Å². The Morgan fingerprint density at radius 2 is 1.90 bits per heavy atom. The first-order chi connectivity index (χ1) is 14.6. The number of rotatable bonds is 6. The summed E-state index contributed by atoms with van der Waals surface area (Å²) in [6, 6.07) is 19.3. The second kappa shape index (κ2) is 9.09. The van der Waals surface area contributed by atoms with Gasteiger partial charge in [0.15, 0.2) is 5.76 Å². The molecule has 2 unspecified atom stereocenters. The van der Waals surface area contributed by atoms with Crippen molar-refractivity contribution < 1.29 is 18.2 Å². The molecule has 6 nitrogen and oxygen atoms in total. The fraction of sp³-hybridized carbons (Fsp3) is 0.217. The number of amides is 2. The summed E-state index contributed by atoms with van der Waals surface area (Å²) in [4.78, 5) is 27.8. The zero-order chi connectivity index (χ0) is 20.9. The molecule has 2 aromatic carbocycles. The van der Waals surface area contributed by atoms with E-state index in [1.807, 2.05) is 48.5 Å². The number of likely N-dealkylation sites (tertiary alicyclic amines) is 1. The van der Waals surface area contributed by atoms with Crippen LogP contribution in [0.4, 0.5) is 5.69 Å². The summed E-state index contributed by atoms with van der Waals surface area (Å²) < 4.78 is 17.7. The van der Waals surface area contributed by atoms with E-state index < -0.39 is 16.8 Å². The van der Waals surface area contributed by atoms with E-state index in [9.17, 15) is 13.8 Å². The fourth-order valence-corrected chi connectivity index (χ4v) is 4.71. The minimum atomic E-state index is -1.16. The van der Waals surface area contributed by atoms with Crippen molar-refractivity contribution in [1.29, 1.82) is 0 Å². The van der Waals surface area contributed by atoms with Crippen molar-refractivity contribution in [3.05, 3.63) is 84.3 Å². The lowest BCUT2D eigenvalue weighted by Gasteiger charge is -2.23. The SMILES string of the molecule is O=C(Nc1cccc(CS(=O)c2ccccc2)c1)C1CCCN1C(=O)c1ccco1. The summed E-state index contributed by atoms with van der Waals surface area (Å²) in [5.74, 6) is 0.0961. The molecular formula is C23H22N2O4S. The molecule has 1 fully saturated rings. The zero-order valence-electron chi connectivity index (χ0n) is 16.3. The van der Waals surface area contributed by atoms with Gasteiger partial charge in [0.1, 0.15) is 6.04 Å². The molecule has 3 aromatic rings. The van der Waals surface area contributed by atoms with Gasteiger partial charge in [0.25, 0.3) is 5.91 Å². The Morgan fingerprint density at radius 1 is 1.07 bits per heavy atom. The van der Waals surface area contributed by atoms with Crippen molar-refractivity contribution in [2.75, 3.05) is 11.9 Å². The van der Waals surface area contributed by atoms with Gasteiger partial charge >= 0.3 is 0 Å². The van der Waals surface area contributed by atoms with Crippen LogP contribution in [0.5, 0.6) is 0 Å². The van der Waals surface area contributed by atoms with Crippen LogP contribution in [-0.2, 0) is 21.3 Å². The molecule has 1 aliphatic rings. The van der Waals surface area contributed by atoms with Crippen LogP contribution in [0.15, 0.2) is 82.3 Å². The number of hydrogen-bond acceptors (Lipinski definition) is 4. The Balaban J connectivity index is 1.42. The Labute approximate surface area is 177 Å². The third-order valence-corrected chi connectivity index (χ3v) is 6.44. The van der Waals surface area contributed by atoms with Crippen LogP contribution in [0.1, 0.15) is 29.0 Å². The van der Waals surface area contributed by atoms with Crippen LogP contribution in [0.3, 0.4) is 0 Å². The Hall–Kier alpha value is -3.19. The number of furan rings is 1. The Morgan fingerprint density at radius 3 is 2.67 bits per heavy atom. The number of carbonyl (C=O) groups is 2. The smallest absolute Gasteiger partial charge is 0.290 e. The summed E-state index contributed by atoms with van der Waals surface area (Å²) >= 11 is 0. The lowest BCUT2D eigenvalue weighted by molar-refractivity contribution is -0.119. The van der Waals surface area contributed by atoms with Gasteiger partial charge < -0.3 is 14.6 Å². The van der Waals surface area contributed by atoms with Gasteiger partial charge in [0.2, 0.25) is 5.91 Å². The highest BCUT2D eigenvalue weighted by Gasteiger charge is 2.35. The van der Waals surface area contributed by atoms with Crippen molar-refractivity contribution in [2.24, 2.45) is 0 Å². The van der Waals surface area contributed by atoms with Gasteiger partial charge in [-0.25, -0.2) is 0 Å². The van der Waals surface area contributed by atoms with Crippen molar-refractivity contribution in [1.82, 2.24) is 4.90 Å². The van der Waals surface area contributed by atoms with Crippen LogP contribution in [0, 0.1) is 0 Å². The second-order valence-electron chi connectivity index (χ2n) is 7.13. The maximum atomic E-state index is 12.9. The van der Waals surface area contributed by atoms with E-state index in [4.69, 9.17) is 4.42 Å². The lowest BCUT2D eigenvalue weighted by atomic mass is 10.1. The monoisotopic (exact) mass is 422 g/mol. The first kappa shape index (κ1) is 20.1. The largest absolute Gasteiger partial charge is 0.459 e. The molecule has 0 radical (unpaired) electrons. The van der Waals surface area contributed by atoms with Gasteiger partial charge in [-0.05, 0) is 54.8 Å². The Kier molecular flexibility index (Phi) is 6.09. The van der Waals surface area contributed by atoms with Crippen LogP contribution < -0.4 is 5.32 Å². The second-order valence-corrected chi connectivity index (χ2v) is 8.58. The van der Waals surface area contributed by atoms with Gasteiger partial charge in [-0.1, -0.05) is 30.3 Å². The highest BCUT2D eigenvalue weighted by molar-refractivity contribution is 7.84. The van der Waals surface area contributed by atoms with Gasteiger partial charge in [-0.3, -0.25) is 13.8 Å². The molecule has 1 aliphatic heterocycles. The third kappa shape index (κ3) is 4.52. The standard InChI is InChI=1S/C23H22N2O4S/c26-22(20-11-5-13-25(20)23(27)21-12-6-14-29-21)24-18-8-4-7-17(15-18)16-30(28)19-9-2-1-3-10-19/h1-4,6-10,12,14-15,20H,5,11,13,16H2,(H,24,26). The number of anilines is 1. The topological polar surface area (TPSA) is 79.6 Å². The molecule has 0 aliphatic carbocycles. The molecule has 1 aromatic heterocycles. The van der Waals surface area contributed by atoms with E-state index in [1.54, 1.807) is 23.1 Å². The average molecular weight is 423 g/mol.